The number of halogens is 1. The third kappa shape index (κ3) is 3.74. The van der Waals surface area contributed by atoms with Crippen LogP contribution in [0.5, 0.6) is 5.75 Å². The van der Waals surface area contributed by atoms with Crippen molar-refractivity contribution in [2.45, 2.75) is 13.0 Å². The lowest BCUT2D eigenvalue weighted by atomic mass is 10.1. The molecule has 1 aromatic rings. The Hall–Kier alpha value is -1.60. The van der Waals surface area contributed by atoms with Gasteiger partial charge in [0.25, 0.3) is 5.91 Å². The van der Waals surface area contributed by atoms with Crippen LogP contribution in [0.15, 0.2) is 22.7 Å². The molecule has 0 unspecified atom stereocenters. The molecule has 0 spiro atoms. The molecule has 1 fully saturated rings. The first-order valence-corrected chi connectivity index (χ1v) is 7.57. The van der Waals surface area contributed by atoms with Gasteiger partial charge in [0.1, 0.15) is 11.8 Å². The van der Waals surface area contributed by atoms with Gasteiger partial charge < -0.3 is 15.4 Å². The SMILES string of the molecule is COc1ccc([C@@H](C)[NH2+]CC(=O)N2CCNC2=O)cc1Br. The average Bonchev–Trinajstić information content (AvgIpc) is 2.90. The lowest BCUT2D eigenvalue weighted by molar-refractivity contribution is -0.683. The van der Waals surface area contributed by atoms with Crippen molar-refractivity contribution in [1.82, 2.24) is 10.2 Å². The molecular weight excluding hydrogens is 338 g/mol. The van der Waals surface area contributed by atoms with Crippen LogP contribution in [0.25, 0.3) is 0 Å². The van der Waals surface area contributed by atoms with Crippen LogP contribution in [0.3, 0.4) is 0 Å². The normalized spacial score (nSPS) is 15.8. The molecule has 0 aliphatic carbocycles. The Morgan fingerprint density at radius 2 is 2.33 bits per heavy atom. The third-order valence-corrected chi connectivity index (χ3v) is 4.13. The molecule has 1 heterocycles. The van der Waals surface area contributed by atoms with E-state index in [2.05, 4.69) is 21.2 Å². The topological polar surface area (TPSA) is 75.2 Å². The summed E-state index contributed by atoms with van der Waals surface area (Å²) in [5.74, 6) is 0.611. The summed E-state index contributed by atoms with van der Waals surface area (Å²) in [6.07, 6.45) is 0. The van der Waals surface area contributed by atoms with Gasteiger partial charge in [-0.3, -0.25) is 9.69 Å². The number of urea groups is 1. The monoisotopic (exact) mass is 356 g/mol. The van der Waals surface area contributed by atoms with Crippen molar-refractivity contribution in [1.29, 1.82) is 0 Å². The Labute approximate surface area is 132 Å². The highest BCUT2D eigenvalue weighted by molar-refractivity contribution is 9.10. The Morgan fingerprint density at radius 3 is 2.90 bits per heavy atom. The number of nitrogens with one attached hydrogen (secondary N) is 1. The summed E-state index contributed by atoms with van der Waals surface area (Å²) >= 11 is 3.45. The number of nitrogens with two attached hydrogens (primary N) is 1. The molecule has 0 saturated carbocycles. The minimum Gasteiger partial charge on any atom is -0.496 e. The van der Waals surface area contributed by atoms with Gasteiger partial charge in [-0.15, -0.1) is 0 Å². The van der Waals surface area contributed by atoms with Crippen molar-refractivity contribution in [3.05, 3.63) is 28.2 Å². The molecule has 1 aliphatic rings. The summed E-state index contributed by atoms with van der Waals surface area (Å²) in [4.78, 5) is 24.6. The van der Waals surface area contributed by atoms with Crippen molar-refractivity contribution in [2.24, 2.45) is 0 Å². The van der Waals surface area contributed by atoms with E-state index in [4.69, 9.17) is 4.74 Å². The third-order valence-electron chi connectivity index (χ3n) is 3.51. The highest BCUT2D eigenvalue weighted by Gasteiger charge is 2.27. The predicted molar refractivity (Wildman–Crippen MR) is 81.0 cm³/mol. The Balaban J connectivity index is 1.92. The standard InChI is InChI=1S/C14H18BrN3O3/c1-9(10-3-4-12(21-2)11(15)7-10)17-8-13(19)18-6-5-16-14(18)20/h3-4,7,9,17H,5-6,8H2,1-2H3,(H,16,20)/p+1/t9-/m1/s1. The molecule has 0 bridgehead atoms. The summed E-state index contributed by atoms with van der Waals surface area (Å²) in [7, 11) is 1.62. The number of imide groups is 1. The molecule has 1 aromatic carbocycles. The number of hydrogen-bond acceptors (Lipinski definition) is 3. The summed E-state index contributed by atoms with van der Waals surface area (Å²) in [5.41, 5.74) is 1.08. The second-order valence-electron chi connectivity index (χ2n) is 4.90. The van der Waals surface area contributed by atoms with E-state index in [0.717, 1.165) is 15.8 Å². The fraction of sp³-hybridized carbons (Fsp3) is 0.429. The Morgan fingerprint density at radius 1 is 1.57 bits per heavy atom. The van der Waals surface area contributed by atoms with E-state index in [1.54, 1.807) is 7.11 Å². The molecule has 1 aliphatic heterocycles. The smallest absolute Gasteiger partial charge is 0.324 e. The number of methoxy groups -OCH3 is 1. The summed E-state index contributed by atoms with van der Waals surface area (Å²) in [5, 5.41) is 4.54. The van der Waals surface area contributed by atoms with E-state index in [-0.39, 0.29) is 24.5 Å². The van der Waals surface area contributed by atoms with Crippen LogP contribution in [0, 0.1) is 0 Å². The number of quaternary nitrogens is 1. The highest BCUT2D eigenvalue weighted by atomic mass is 79.9. The first-order chi connectivity index (χ1) is 10.0. The van der Waals surface area contributed by atoms with E-state index in [1.807, 2.05) is 30.4 Å². The minimum atomic E-state index is -0.298. The van der Waals surface area contributed by atoms with E-state index in [0.29, 0.717) is 13.1 Å². The van der Waals surface area contributed by atoms with Gasteiger partial charge in [0.15, 0.2) is 6.54 Å². The second-order valence-corrected chi connectivity index (χ2v) is 5.75. The molecule has 6 nitrogen and oxygen atoms in total. The fourth-order valence-electron chi connectivity index (χ4n) is 2.20. The van der Waals surface area contributed by atoms with Crippen LogP contribution in [-0.4, -0.2) is 43.6 Å². The molecule has 2 rings (SSSR count). The van der Waals surface area contributed by atoms with Gasteiger partial charge >= 0.3 is 6.03 Å². The number of rotatable bonds is 5. The number of carbonyl (C=O) groups excluding carboxylic acids is 2. The second kappa shape index (κ2) is 6.91. The highest BCUT2D eigenvalue weighted by Crippen LogP contribution is 2.27. The summed E-state index contributed by atoms with van der Waals surface area (Å²) in [6.45, 7) is 3.25. The van der Waals surface area contributed by atoms with Crippen molar-refractivity contribution >= 4 is 27.9 Å². The molecule has 114 valence electrons. The molecule has 1 atom stereocenters. The maximum Gasteiger partial charge on any atom is 0.324 e. The van der Waals surface area contributed by atoms with E-state index in [1.165, 1.54) is 4.90 Å². The quantitative estimate of drug-likeness (QED) is 0.812. The van der Waals surface area contributed by atoms with Gasteiger partial charge in [0.2, 0.25) is 0 Å². The van der Waals surface area contributed by atoms with Gasteiger partial charge in [0.05, 0.1) is 11.6 Å². The van der Waals surface area contributed by atoms with Crippen LogP contribution in [-0.2, 0) is 4.79 Å². The number of benzene rings is 1. The Kier molecular flexibility index (Phi) is 5.19. The molecule has 1 saturated heterocycles. The molecule has 21 heavy (non-hydrogen) atoms. The molecule has 3 amide bonds. The molecule has 7 heteroatoms. The van der Waals surface area contributed by atoms with Crippen molar-refractivity contribution in [3.63, 3.8) is 0 Å². The Bertz CT molecular complexity index is 550. The maximum atomic E-state index is 12.0. The van der Waals surface area contributed by atoms with E-state index >= 15 is 0 Å². The van der Waals surface area contributed by atoms with Gasteiger partial charge in [-0.1, -0.05) is 0 Å². The molecule has 3 N–H and O–H groups in total. The van der Waals surface area contributed by atoms with Crippen LogP contribution >= 0.6 is 15.9 Å². The van der Waals surface area contributed by atoms with Crippen LogP contribution in [0.1, 0.15) is 18.5 Å². The summed E-state index contributed by atoms with van der Waals surface area (Å²) in [6, 6.07) is 5.65. The first kappa shape index (κ1) is 15.8. The van der Waals surface area contributed by atoms with Crippen LogP contribution in [0.2, 0.25) is 0 Å². The molecule has 0 radical (unpaired) electrons. The predicted octanol–water partition coefficient (Wildman–Crippen LogP) is 0.634. The number of nitrogens with zero attached hydrogens (tertiary/aromatic N) is 1. The number of amides is 3. The van der Waals surface area contributed by atoms with Crippen LogP contribution < -0.4 is 15.4 Å². The van der Waals surface area contributed by atoms with E-state index in [9.17, 15) is 9.59 Å². The number of carbonyl (C=O) groups is 2. The minimum absolute atomic E-state index is 0.113. The number of ether oxygens (including phenoxy) is 1. The maximum absolute atomic E-state index is 12.0. The largest absolute Gasteiger partial charge is 0.496 e. The zero-order valence-electron chi connectivity index (χ0n) is 12.1. The van der Waals surface area contributed by atoms with Crippen LogP contribution in [0.4, 0.5) is 4.79 Å². The first-order valence-electron chi connectivity index (χ1n) is 6.78. The lowest BCUT2D eigenvalue weighted by Crippen LogP contribution is -2.87. The van der Waals surface area contributed by atoms with E-state index < -0.39 is 0 Å². The number of hydrogen-bond donors (Lipinski definition) is 2. The summed E-state index contributed by atoms with van der Waals surface area (Å²) < 4.78 is 6.08. The van der Waals surface area contributed by atoms with Gasteiger partial charge in [-0.25, -0.2) is 4.79 Å². The van der Waals surface area contributed by atoms with Crippen molar-refractivity contribution in [2.75, 3.05) is 26.7 Å². The zero-order valence-corrected chi connectivity index (χ0v) is 13.6. The lowest BCUT2D eigenvalue weighted by Gasteiger charge is -2.15. The molecular formula is C14H19BrN3O3+. The fourth-order valence-corrected chi connectivity index (χ4v) is 2.76. The van der Waals surface area contributed by atoms with Gasteiger partial charge in [0, 0.05) is 18.7 Å². The van der Waals surface area contributed by atoms with Crippen molar-refractivity contribution < 1.29 is 19.6 Å². The van der Waals surface area contributed by atoms with Gasteiger partial charge in [-0.2, -0.15) is 0 Å². The van der Waals surface area contributed by atoms with Crippen molar-refractivity contribution in [3.8, 4) is 5.75 Å². The molecule has 0 aromatic heterocycles. The van der Waals surface area contributed by atoms with Gasteiger partial charge in [-0.05, 0) is 41.1 Å². The average molecular weight is 357 g/mol. The zero-order chi connectivity index (χ0) is 15.4.